The normalized spacial score (nSPS) is 25.2. The smallest absolute Gasteiger partial charge is 0.272 e. The molecule has 10 nitrogen and oxygen atoms in total. The van der Waals surface area contributed by atoms with Crippen molar-refractivity contribution in [3.05, 3.63) is 47.2 Å². The Balaban J connectivity index is 1.16. The Labute approximate surface area is 223 Å². The molecule has 0 aliphatic carbocycles. The predicted octanol–water partition coefficient (Wildman–Crippen LogP) is 1.54. The van der Waals surface area contributed by atoms with Crippen molar-refractivity contribution in [1.29, 1.82) is 0 Å². The number of hydrogen-bond acceptors (Lipinski definition) is 9. The van der Waals surface area contributed by atoms with Gasteiger partial charge in [0.1, 0.15) is 11.5 Å². The minimum atomic E-state index is -0.599. The molecule has 2 aromatic rings. The Morgan fingerprint density at radius 3 is 2.50 bits per heavy atom. The maximum atomic E-state index is 13.7. The number of β-amino-alcohol motifs (C(OH)–C–C–N with tert-alkyl or cyclic N) is 1. The molecule has 3 fully saturated rings. The molecule has 6 rings (SSSR count). The van der Waals surface area contributed by atoms with Gasteiger partial charge < -0.3 is 29.7 Å². The molecule has 0 radical (unpaired) electrons. The largest absolute Gasteiger partial charge is 0.390 e. The second-order valence-corrected chi connectivity index (χ2v) is 10.7. The molecule has 1 amide bonds. The topological polar surface area (TPSA) is 103 Å². The van der Waals surface area contributed by atoms with Gasteiger partial charge in [0.2, 0.25) is 5.95 Å². The summed E-state index contributed by atoms with van der Waals surface area (Å²) >= 11 is 0. The van der Waals surface area contributed by atoms with Gasteiger partial charge in [-0.1, -0.05) is 24.3 Å². The molecule has 10 heteroatoms. The van der Waals surface area contributed by atoms with Crippen LogP contribution in [0.15, 0.2) is 30.3 Å². The van der Waals surface area contributed by atoms with Crippen molar-refractivity contribution in [2.75, 3.05) is 69.4 Å². The van der Waals surface area contributed by atoms with E-state index in [1.54, 1.807) is 11.0 Å². The number of ether oxygens (including phenoxy) is 2. The number of aliphatic hydroxyl groups is 1. The van der Waals surface area contributed by atoms with Crippen LogP contribution >= 0.6 is 0 Å². The van der Waals surface area contributed by atoms with Crippen LogP contribution in [0.5, 0.6) is 0 Å². The zero-order valence-corrected chi connectivity index (χ0v) is 21.9. The van der Waals surface area contributed by atoms with Gasteiger partial charge in [0.05, 0.1) is 19.3 Å². The maximum Gasteiger partial charge on any atom is 0.272 e. The third-order valence-corrected chi connectivity index (χ3v) is 8.26. The number of anilines is 2. The van der Waals surface area contributed by atoms with Gasteiger partial charge in [-0.05, 0) is 36.8 Å². The number of carbonyl (C=O) groups excluding carboxylic acids is 1. The van der Waals surface area contributed by atoms with Gasteiger partial charge in [-0.25, -0.2) is 4.98 Å². The van der Waals surface area contributed by atoms with E-state index in [2.05, 4.69) is 39.4 Å². The van der Waals surface area contributed by atoms with Gasteiger partial charge in [0.25, 0.3) is 5.91 Å². The Morgan fingerprint density at radius 1 is 0.947 bits per heavy atom. The molecule has 3 saturated heterocycles. The summed E-state index contributed by atoms with van der Waals surface area (Å²) in [6, 6.07) is 10.6. The van der Waals surface area contributed by atoms with E-state index in [0.29, 0.717) is 56.9 Å². The lowest BCUT2D eigenvalue weighted by molar-refractivity contribution is -0.0139. The molecule has 4 aliphatic heterocycles. The highest BCUT2D eigenvalue weighted by atomic mass is 16.5. The molecule has 0 bridgehead atoms. The summed E-state index contributed by atoms with van der Waals surface area (Å²) in [5.74, 6) is 1.06. The lowest BCUT2D eigenvalue weighted by Crippen LogP contribution is -2.56. The summed E-state index contributed by atoms with van der Waals surface area (Å²) in [6.45, 7) is 6.75. The van der Waals surface area contributed by atoms with E-state index in [9.17, 15) is 9.90 Å². The number of likely N-dealkylation sites (tertiary alicyclic amines) is 1. The Hall–Kier alpha value is -2.79. The molecule has 38 heavy (non-hydrogen) atoms. The van der Waals surface area contributed by atoms with Gasteiger partial charge in [-0.2, -0.15) is 4.98 Å². The molecule has 2 atom stereocenters. The number of nitrogens with one attached hydrogen (secondary N) is 1. The maximum absolute atomic E-state index is 13.7. The summed E-state index contributed by atoms with van der Waals surface area (Å²) in [4.78, 5) is 29.4. The van der Waals surface area contributed by atoms with Gasteiger partial charge in [-0.15, -0.1) is 0 Å². The van der Waals surface area contributed by atoms with Crippen LogP contribution in [0.1, 0.15) is 40.9 Å². The summed E-state index contributed by atoms with van der Waals surface area (Å²) in [6.07, 6.45) is 2.94. The third kappa shape index (κ3) is 5.63. The molecule has 5 heterocycles. The first-order valence-corrected chi connectivity index (χ1v) is 14.0. The predicted molar refractivity (Wildman–Crippen MR) is 143 cm³/mol. The minimum absolute atomic E-state index is 0.0486. The van der Waals surface area contributed by atoms with E-state index in [1.165, 1.54) is 11.1 Å². The molecule has 1 aromatic carbocycles. The van der Waals surface area contributed by atoms with Crippen LogP contribution in [0.2, 0.25) is 0 Å². The molecular formula is C28H38N6O4. The SMILES string of the molecule is O=C(c1cc(NC2CCOCC2)nc(N2CCOCC2)n1)N1CC[C@@H](N2CCc3ccccc3C2)[C@H](O)C1. The van der Waals surface area contributed by atoms with Gasteiger partial charge in [0.15, 0.2) is 0 Å². The van der Waals surface area contributed by atoms with Gasteiger partial charge in [0, 0.05) is 70.6 Å². The first kappa shape index (κ1) is 25.5. The van der Waals surface area contributed by atoms with E-state index in [0.717, 1.165) is 52.0 Å². The number of aromatic nitrogens is 2. The van der Waals surface area contributed by atoms with Crippen molar-refractivity contribution in [3.63, 3.8) is 0 Å². The summed E-state index contributed by atoms with van der Waals surface area (Å²) < 4.78 is 11.0. The highest BCUT2D eigenvalue weighted by Crippen LogP contribution is 2.26. The van der Waals surface area contributed by atoms with Gasteiger partial charge in [-0.3, -0.25) is 9.69 Å². The highest BCUT2D eigenvalue weighted by Gasteiger charge is 2.36. The van der Waals surface area contributed by atoms with Crippen LogP contribution in [0, 0.1) is 0 Å². The third-order valence-electron chi connectivity index (χ3n) is 8.26. The molecule has 1 aromatic heterocycles. The fourth-order valence-electron chi connectivity index (χ4n) is 6.07. The Morgan fingerprint density at radius 2 is 1.71 bits per heavy atom. The van der Waals surface area contributed by atoms with Crippen molar-refractivity contribution in [3.8, 4) is 0 Å². The highest BCUT2D eigenvalue weighted by molar-refractivity contribution is 5.93. The number of piperidine rings is 1. The molecule has 2 N–H and O–H groups in total. The monoisotopic (exact) mass is 522 g/mol. The number of aliphatic hydroxyl groups excluding tert-OH is 1. The lowest BCUT2D eigenvalue weighted by Gasteiger charge is -2.43. The van der Waals surface area contributed by atoms with Crippen molar-refractivity contribution < 1.29 is 19.4 Å². The standard InChI is InChI=1S/C28H38N6O4/c35-25-19-34(10-6-24(25)33-9-5-20-3-1-2-4-21(20)18-33)27(36)23-17-26(29-22-7-13-37-14-8-22)31-28(30-23)32-11-15-38-16-12-32/h1-4,17,22,24-25,35H,5-16,18-19H2,(H,29,30,31)/t24-,25-/m1/s1. The van der Waals surface area contributed by atoms with Crippen LogP contribution in [0.4, 0.5) is 11.8 Å². The fraction of sp³-hybridized carbons (Fsp3) is 0.607. The van der Waals surface area contributed by atoms with Crippen LogP contribution in [0.25, 0.3) is 0 Å². The number of morpholine rings is 1. The average molecular weight is 523 g/mol. The lowest BCUT2D eigenvalue weighted by atomic mass is 9.94. The van der Waals surface area contributed by atoms with E-state index in [4.69, 9.17) is 19.4 Å². The number of fused-ring (bicyclic) bond motifs is 1. The van der Waals surface area contributed by atoms with Crippen LogP contribution in [-0.4, -0.2) is 108 Å². The van der Waals surface area contributed by atoms with Crippen molar-refractivity contribution in [2.45, 2.75) is 50.4 Å². The molecule has 4 aliphatic rings. The second kappa shape index (κ2) is 11.5. The number of amides is 1. The number of benzene rings is 1. The van der Waals surface area contributed by atoms with Crippen LogP contribution in [-0.2, 0) is 22.4 Å². The van der Waals surface area contributed by atoms with E-state index < -0.39 is 6.10 Å². The minimum Gasteiger partial charge on any atom is -0.390 e. The Bertz CT molecular complexity index is 1120. The molecule has 0 unspecified atom stereocenters. The summed E-state index contributed by atoms with van der Waals surface area (Å²) in [5.41, 5.74) is 3.11. The molecule has 204 valence electrons. The number of hydrogen-bond donors (Lipinski definition) is 2. The van der Waals surface area contributed by atoms with Crippen molar-refractivity contribution >= 4 is 17.7 Å². The first-order chi connectivity index (χ1) is 18.6. The molecular weight excluding hydrogens is 484 g/mol. The summed E-state index contributed by atoms with van der Waals surface area (Å²) in [7, 11) is 0. The average Bonchev–Trinajstić information content (AvgIpc) is 2.97. The number of rotatable bonds is 5. The van der Waals surface area contributed by atoms with Crippen LogP contribution in [0.3, 0.4) is 0 Å². The van der Waals surface area contributed by atoms with Gasteiger partial charge >= 0.3 is 0 Å². The first-order valence-electron chi connectivity index (χ1n) is 14.0. The van der Waals surface area contributed by atoms with Crippen molar-refractivity contribution in [1.82, 2.24) is 19.8 Å². The Kier molecular flexibility index (Phi) is 7.73. The fourth-order valence-corrected chi connectivity index (χ4v) is 6.07. The molecule has 0 spiro atoms. The van der Waals surface area contributed by atoms with E-state index in [-0.39, 0.29) is 18.0 Å². The number of carbonyl (C=O) groups is 1. The van der Waals surface area contributed by atoms with E-state index in [1.807, 2.05) is 0 Å². The van der Waals surface area contributed by atoms with Crippen molar-refractivity contribution in [2.24, 2.45) is 0 Å². The zero-order chi connectivity index (χ0) is 25.9. The van der Waals surface area contributed by atoms with Crippen LogP contribution < -0.4 is 10.2 Å². The van der Waals surface area contributed by atoms with E-state index >= 15 is 0 Å². The zero-order valence-electron chi connectivity index (χ0n) is 21.9. The number of nitrogens with zero attached hydrogens (tertiary/aromatic N) is 5. The quantitative estimate of drug-likeness (QED) is 0.605. The summed E-state index contributed by atoms with van der Waals surface area (Å²) in [5, 5.41) is 14.7. The molecule has 0 saturated carbocycles. The second-order valence-electron chi connectivity index (χ2n) is 10.7.